The largest absolute Gasteiger partial charge is 0.495 e. The molecule has 3 aromatic heterocycles. The Morgan fingerprint density at radius 2 is 1.74 bits per heavy atom. The number of halogens is 1. The highest BCUT2D eigenvalue weighted by Crippen LogP contribution is 2.40. The van der Waals surface area contributed by atoms with Crippen molar-refractivity contribution in [3.8, 4) is 22.6 Å². The Kier molecular flexibility index (Phi) is 6.26. The number of carbonyl (C=O) groups excluding carboxylic acids is 1. The molecular weight excluding hydrogens is 497 g/mol. The Balaban J connectivity index is 1.34. The lowest BCUT2D eigenvalue weighted by Gasteiger charge is -2.35. The molecule has 9 heteroatoms. The fraction of sp³-hybridized carbons (Fsp3) is 0.233. The molecule has 0 radical (unpaired) electrons. The number of aryl methyl sites for hydroxylation is 1. The van der Waals surface area contributed by atoms with Gasteiger partial charge < -0.3 is 24.3 Å². The molecule has 1 saturated heterocycles. The Morgan fingerprint density at radius 1 is 0.949 bits per heavy atom. The van der Waals surface area contributed by atoms with E-state index in [0.29, 0.717) is 59.8 Å². The van der Waals surface area contributed by atoms with E-state index in [0.717, 1.165) is 27.8 Å². The van der Waals surface area contributed by atoms with E-state index in [1.165, 1.54) is 0 Å². The molecule has 1 amide bonds. The molecule has 0 saturated carbocycles. The second-order valence-corrected chi connectivity index (χ2v) is 9.56. The Hall–Kier alpha value is -4.66. The van der Waals surface area contributed by atoms with Gasteiger partial charge in [0.05, 0.1) is 25.3 Å². The first-order valence-electron chi connectivity index (χ1n) is 12.8. The van der Waals surface area contributed by atoms with Crippen molar-refractivity contribution < 1.29 is 18.7 Å². The van der Waals surface area contributed by atoms with Crippen molar-refractivity contribution in [2.75, 3.05) is 45.3 Å². The molecule has 1 aliphatic heterocycles. The molecule has 0 atom stereocenters. The third kappa shape index (κ3) is 4.20. The van der Waals surface area contributed by atoms with Gasteiger partial charge in [-0.15, -0.1) is 0 Å². The van der Waals surface area contributed by atoms with Gasteiger partial charge in [0.15, 0.2) is 11.6 Å². The smallest absolute Gasteiger partial charge is 0.270 e. The maximum Gasteiger partial charge on any atom is 0.270 e. The summed E-state index contributed by atoms with van der Waals surface area (Å²) in [6.45, 7) is 3.94. The molecule has 39 heavy (non-hydrogen) atoms. The number of benzene rings is 2. The lowest BCUT2D eigenvalue weighted by molar-refractivity contribution is 0.0741. The number of piperazine rings is 1. The zero-order valence-corrected chi connectivity index (χ0v) is 22.0. The van der Waals surface area contributed by atoms with Crippen LogP contribution in [-0.2, 0) is 0 Å². The average molecular weight is 526 g/mol. The van der Waals surface area contributed by atoms with E-state index in [2.05, 4.69) is 19.9 Å². The summed E-state index contributed by atoms with van der Waals surface area (Å²) in [5.74, 6) is 1.56. The third-order valence-electron chi connectivity index (χ3n) is 7.32. The number of aromatic nitrogens is 3. The van der Waals surface area contributed by atoms with Crippen LogP contribution >= 0.6 is 0 Å². The molecule has 2 aromatic carbocycles. The second-order valence-electron chi connectivity index (χ2n) is 9.56. The summed E-state index contributed by atoms with van der Waals surface area (Å²) in [6, 6.07) is 14.9. The predicted molar refractivity (Wildman–Crippen MR) is 149 cm³/mol. The normalized spacial score (nSPS) is 13.7. The minimum Gasteiger partial charge on any atom is -0.495 e. The second kappa shape index (κ2) is 9.90. The van der Waals surface area contributed by atoms with Crippen LogP contribution in [0.25, 0.3) is 32.9 Å². The van der Waals surface area contributed by atoms with Crippen LogP contribution in [0.2, 0.25) is 0 Å². The van der Waals surface area contributed by atoms with Crippen molar-refractivity contribution in [3.63, 3.8) is 0 Å². The van der Waals surface area contributed by atoms with Crippen LogP contribution in [0.3, 0.4) is 0 Å². The van der Waals surface area contributed by atoms with Gasteiger partial charge >= 0.3 is 0 Å². The van der Waals surface area contributed by atoms with E-state index < -0.39 is 0 Å². The van der Waals surface area contributed by atoms with Gasteiger partial charge in [-0.05, 0) is 54.4 Å². The Labute approximate surface area is 225 Å². The highest BCUT2D eigenvalue weighted by Gasteiger charge is 2.27. The van der Waals surface area contributed by atoms with Gasteiger partial charge in [0.1, 0.15) is 17.3 Å². The number of carbonyl (C=O) groups is 1. The van der Waals surface area contributed by atoms with Gasteiger partial charge in [-0.2, -0.15) is 0 Å². The van der Waals surface area contributed by atoms with Crippen LogP contribution in [-0.4, -0.2) is 66.2 Å². The van der Waals surface area contributed by atoms with Crippen LogP contribution in [0, 0.1) is 12.7 Å². The summed E-state index contributed by atoms with van der Waals surface area (Å²) < 4.78 is 26.6. The highest BCUT2D eigenvalue weighted by atomic mass is 19.1. The Bertz CT molecular complexity index is 1710. The minimum absolute atomic E-state index is 0.176. The lowest BCUT2D eigenvalue weighted by atomic mass is 9.97. The van der Waals surface area contributed by atoms with Gasteiger partial charge in [-0.1, -0.05) is 12.1 Å². The third-order valence-corrected chi connectivity index (χ3v) is 7.32. The van der Waals surface area contributed by atoms with E-state index in [4.69, 9.17) is 9.47 Å². The molecule has 0 spiro atoms. The molecule has 0 bridgehead atoms. The molecule has 4 heterocycles. The van der Waals surface area contributed by atoms with Gasteiger partial charge in [0.25, 0.3) is 5.91 Å². The number of fused-ring (bicyclic) bond motifs is 2. The van der Waals surface area contributed by atoms with Crippen LogP contribution in [0.15, 0.2) is 60.9 Å². The van der Waals surface area contributed by atoms with Crippen LogP contribution < -0.4 is 14.4 Å². The van der Waals surface area contributed by atoms with E-state index in [-0.39, 0.29) is 11.7 Å². The fourth-order valence-electron chi connectivity index (χ4n) is 5.33. The molecule has 8 nitrogen and oxygen atoms in total. The maximum atomic E-state index is 15.3. The fourth-order valence-corrected chi connectivity index (χ4v) is 5.33. The number of ether oxygens (including phenoxy) is 2. The van der Waals surface area contributed by atoms with Crippen molar-refractivity contribution in [2.45, 2.75) is 6.92 Å². The van der Waals surface area contributed by atoms with E-state index in [1.54, 1.807) is 50.6 Å². The number of pyridine rings is 2. The molecule has 1 fully saturated rings. The number of rotatable bonds is 5. The van der Waals surface area contributed by atoms with Gasteiger partial charge in [-0.3, -0.25) is 9.78 Å². The van der Waals surface area contributed by atoms with Gasteiger partial charge in [-0.25, -0.2) is 9.37 Å². The number of para-hydroxylation sites is 1. The maximum absolute atomic E-state index is 15.3. The van der Waals surface area contributed by atoms with Gasteiger partial charge in [0, 0.05) is 54.9 Å². The summed E-state index contributed by atoms with van der Waals surface area (Å²) in [6.07, 6.45) is 3.47. The zero-order valence-electron chi connectivity index (χ0n) is 22.0. The molecule has 1 aliphatic rings. The zero-order chi connectivity index (χ0) is 27.1. The van der Waals surface area contributed by atoms with Crippen LogP contribution in [0.1, 0.15) is 16.1 Å². The lowest BCUT2D eigenvalue weighted by Crippen LogP contribution is -2.49. The summed E-state index contributed by atoms with van der Waals surface area (Å²) in [7, 11) is 3.24. The summed E-state index contributed by atoms with van der Waals surface area (Å²) >= 11 is 0. The van der Waals surface area contributed by atoms with E-state index in [1.807, 2.05) is 36.4 Å². The topological polar surface area (TPSA) is 83.6 Å². The molecule has 5 aromatic rings. The Morgan fingerprint density at radius 3 is 2.51 bits per heavy atom. The summed E-state index contributed by atoms with van der Waals surface area (Å²) in [5.41, 5.74) is 3.39. The van der Waals surface area contributed by atoms with Crippen molar-refractivity contribution in [1.29, 1.82) is 0 Å². The highest BCUT2D eigenvalue weighted by molar-refractivity contribution is 6.05. The number of anilines is 1. The van der Waals surface area contributed by atoms with Crippen molar-refractivity contribution in [1.82, 2.24) is 19.9 Å². The number of amides is 1. The summed E-state index contributed by atoms with van der Waals surface area (Å²) in [5, 5.41) is 1.47. The van der Waals surface area contributed by atoms with E-state index in [9.17, 15) is 4.79 Å². The SMILES string of the molecule is COc1cccnc1N1CCN(C(=O)c2cc3c(-c4cnc5ccccc5c4OC)cc(C)c(F)c3[nH]2)CC1. The monoisotopic (exact) mass is 525 g/mol. The van der Waals surface area contributed by atoms with E-state index >= 15 is 4.39 Å². The number of nitrogens with zero attached hydrogens (tertiary/aromatic N) is 4. The minimum atomic E-state index is -0.382. The van der Waals surface area contributed by atoms with Crippen molar-refractivity contribution >= 4 is 33.5 Å². The number of aromatic amines is 1. The van der Waals surface area contributed by atoms with Crippen LogP contribution in [0.5, 0.6) is 11.5 Å². The van der Waals surface area contributed by atoms with Crippen LogP contribution in [0.4, 0.5) is 10.2 Å². The standard InChI is InChI=1S/C30H28FN5O3/c1-18-15-20(22-17-33-23-8-5-4-7-19(23)28(22)39-3)21-16-24(34-27(21)26(18)31)30(37)36-13-11-35(12-14-36)29-25(38-2)9-6-10-32-29/h4-10,15-17,34H,11-14H2,1-3H3. The first kappa shape index (κ1) is 24.7. The number of methoxy groups -OCH3 is 2. The van der Waals surface area contributed by atoms with Crippen molar-refractivity contribution in [2.24, 2.45) is 0 Å². The number of nitrogens with one attached hydrogen (secondary N) is 1. The number of hydrogen-bond donors (Lipinski definition) is 1. The quantitative estimate of drug-likeness (QED) is 0.339. The molecule has 1 N–H and O–H groups in total. The molecular formula is C30H28FN5O3. The number of H-pyrrole nitrogens is 1. The number of hydrogen-bond acceptors (Lipinski definition) is 6. The molecule has 0 unspecified atom stereocenters. The molecule has 0 aliphatic carbocycles. The molecule has 198 valence electrons. The van der Waals surface area contributed by atoms with Gasteiger partial charge in [0.2, 0.25) is 0 Å². The average Bonchev–Trinajstić information content (AvgIpc) is 3.44. The first-order chi connectivity index (χ1) is 19.0. The summed E-state index contributed by atoms with van der Waals surface area (Å²) in [4.78, 5) is 29.6. The van der Waals surface area contributed by atoms with Crippen molar-refractivity contribution in [3.05, 3.63) is 78.0 Å². The first-order valence-corrected chi connectivity index (χ1v) is 12.8. The predicted octanol–water partition coefficient (Wildman–Crippen LogP) is 5.21. The molecule has 6 rings (SSSR count).